The molecule has 1 N–H and O–H groups in total. The maximum atomic E-state index is 6.03. The van der Waals surface area contributed by atoms with Crippen LogP contribution in [0.25, 0.3) is 0 Å². The molecule has 0 saturated carbocycles. The average molecular weight is 277 g/mol. The molecule has 19 heavy (non-hydrogen) atoms. The lowest BCUT2D eigenvalue weighted by molar-refractivity contribution is 0.471. The zero-order valence-electron chi connectivity index (χ0n) is 11.1. The molecule has 100 valence electrons. The van der Waals surface area contributed by atoms with Gasteiger partial charge in [0, 0.05) is 22.8 Å². The lowest BCUT2D eigenvalue weighted by Gasteiger charge is -2.12. The Morgan fingerprint density at radius 1 is 1.26 bits per heavy atom. The maximum Gasteiger partial charge on any atom is 0.145 e. The predicted octanol–water partition coefficient (Wildman–Crippen LogP) is 3.95. The van der Waals surface area contributed by atoms with Gasteiger partial charge in [0.1, 0.15) is 11.5 Å². The summed E-state index contributed by atoms with van der Waals surface area (Å²) in [6, 6.07) is 9.49. The van der Waals surface area contributed by atoms with Crippen molar-refractivity contribution in [2.75, 3.05) is 6.54 Å². The number of pyridine rings is 1. The Balaban J connectivity index is 2.22. The second-order valence-corrected chi connectivity index (χ2v) is 4.71. The minimum Gasteiger partial charge on any atom is -0.455 e. The minimum absolute atomic E-state index is 0.662. The Morgan fingerprint density at radius 3 is 2.79 bits per heavy atom. The van der Waals surface area contributed by atoms with Crippen LogP contribution in [0.4, 0.5) is 0 Å². The highest BCUT2D eigenvalue weighted by Crippen LogP contribution is 2.28. The molecule has 2 aromatic rings. The topological polar surface area (TPSA) is 34.1 Å². The molecule has 3 nitrogen and oxygen atoms in total. The van der Waals surface area contributed by atoms with E-state index in [4.69, 9.17) is 16.3 Å². The fourth-order valence-corrected chi connectivity index (χ4v) is 1.83. The summed E-state index contributed by atoms with van der Waals surface area (Å²) in [7, 11) is 0. The molecule has 0 spiro atoms. The molecule has 0 radical (unpaired) electrons. The third-order valence-corrected chi connectivity index (χ3v) is 2.94. The molecule has 0 bridgehead atoms. The van der Waals surface area contributed by atoms with Crippen molar-refractivity contribution in [1.29, 1.82) is 0 Å². The molecule has 0 aliphatic carbocycles. The summed E-state index contributed by atoms with van der Waals surface area (Å²) in [6.07, 6.45) is 1.72. The van der Waals surface area contributed by atoms with Crippen LogP contribution in [0.2, 0.25) is 5.02 Å². The fraction of sp³-hybridized carbons (Fsp3) is 0.267. The number of hydrogen-bond donors (Lipinski definition) is 1. The van der Waals surface area contributed by atoms with E-state index in [9.17, 15) is 0 Å². The van der Waals surface area contributed by atoms with Crippen molar-refractivity contribution in [3.63, 3.8) is 0 Å². The number of benzene rings is 1. The van der Waals surface area contributed by atoms with Crippen molar-refractivity contribution in [2.24, 2.45) is 0 Å². The first kappa shape index (κ1) is 13.8. The summed E-state index contributed by atoms with van der Waals surface area (Å²) in [5.74, 6) is 1.48. The van der Waals surface area contributed by atoms with Gasteiger partial charge >= 0.3 is 0 Å². The molecule has 1 aromatic carbocycles. The largest absolute Gasteiger partial charge is 0.455 e. The van der Waals surface area contributed by atoms with Crippen molar-refractivity contribution in [1.82, 2.24) is 10.3 Å². The normalized spacial score (nSPS) is 10.5. The lowest BCUT2D eigenvalue weighted by Crippen LogP contribution is -2.12. The number of rotatable bonds is 5. The van der Waals surface area contributed by atoms with Gasteiger partial charge in [-0.25, -0.2) is 0 Å². The highest BCUT2D eigenvalue weighted by Gasteiger charge is 2.06. The quantitative estimate of drug-likeness (QED) is 0.898. The third kappa shape index (κ3) is 3.94. The van der Waals surface area contributed by atoms with E-state index in [1.165, 1.54) is 0 Å². The zero-order chi connectivity index (χ0) is 13.7. The van der Waals surface area contributed by atoms with Crippen molar-refractivity contribution in [3.8, 4) is 11.5 Å². The molecule has 0 saturated heterocycles. The molecular weight excluding hydrogens is 260 g/mol. The van der Waals surface area contributed by atoms with Gasteiger partial charge in [0.25, 0.3) is 0 Å². The van der Waals surface area contributed by atoms with Crippen molar-refractivity contribution >= 4 is 11.6 Å². The van der Waals surface area contributed by atoms with E-state index < -0.39 is 0 Å². The van der Waals surface area contributed by atoms with E-state index in [-0.39, 0.29) is 0 Å². The summed E-state index contributed by atoms with van der Waals surface area (Å²) in [5, 5.41) is 3.94. The molecule has 0 fully saturated rings. The van der Waals surface area contributed by atoms with Crippen LogP contribution in [-0.4, -0.2) is 11.5 Å². The third-order valence-electron chi connectivity index (χ3n) is 2.71. The second kappa shape index (κ2) is 6.55. The van der Waals surface area contributed by atoms with Gasteiger partial charge in [-0.3, -0.25) is 4.98 Å². The first-order chi connectivity index (χ1) is 9.19. The molecule has 0 atom stereocenters. The maximum absolute atomic E-state index is 6.03. The first-order valence-electron chi connectivity index (χ1n) is 6.28. The monoisotopic (exact) mass is 276 g/mol. The molecule has 0 aliphatic rings. The zero-order valence-corrected chi connectivity index (χ0v) is 11.9. The average Bonchev–Trinajstić information content (AvgIpc) is 2.40. The van der Waals surface area contributed by atoms with Gasteiger partial charge in [-0.2, -0.15) is 0 Å². The van der Waals surface area contributed by atoms with Crippen molar-refractivity contribution in [3.05, 3.63) is 52.8 Å². The number of aryl methyl sites for hydroxylation is 1. The van der Waals surface area contributed by atoms with Crippen molar-refractivity contribution in [2.45, 2.75) is 20.4 Å². The van der Waals surface area contributed by atoms with Crippen LogP contribution in [-0.2, 0) is 6.54 Å². The number of nitrogens with one attached hydrogen (secondary N) is 1. The van der Waals surface area contributed by atoms with E-state index >= 15 is 0 Å². The number of hydrogen-bond acceptors (Lipinski definition) is 3. The molecule has 2 rings (SSSR count). The van der Waals surface area contributed by atoms with Gasteiger partial charge < -0.3 is 10.1 Å². The molecule has 0 aliphatic heterocycles. The van der Waals surface area contributed by atoms with Gasteiger partial charge in [-0.05, 0) is 37.7 Å². The standard InChI is InChI=1S/C15H17ClN2O/c1-3-17-9-12-5-6-13(16)8-15(12)19-14-7-4-11(2)18-10-14/h4-8,10,17H,3,9H2,1-2H3. The smallest absolute Gasteiger partial charge is 0.145 e. The lowest BCUT2D eigenvalue weighted by atomic mass is 10.2. The van der Waals surface area contributed by atoms with Crippen molar-refractivity contribution < 1.29 is 4.74 Å². The summed E-state index contributed by atoms with van der Waals surface area (Å²) in [4.78, 5) is 4.22. The van der Waals surface area contributed by atoms with E-state index in [1.807, 2.05) is 37.3 Å². The number of ether oxygens (including phenoxy) is 1. The van der Waals surface area contributed by atoms with Gasteiger partial charge in [-0.15, -0.1) is 0 Å². The Labute approximate surface area is 118 Å². The SMILES string of the molecule is CCNCc1ccc(Cl)cc1Oc1ccc(C)nc1. The highest BCUT2D eigenvalue weighted by molar-refractivity contribution is 6.30. The summed E-state index contributed by atoms with van der Waals surface area (Å²) in [6.45, 7) is 5.68. The van der Waals surface area contributed by atoms with Crippen LogP contribution < -0.4 is 10.1 Å². The molecule has 1 aromatic heterocycles. The van der Waals surface area contributed by atoms with E-state index in [0.29, 0.717) is 10.8 Å². The minimum atomic E-state index is 0.662. The molecule has 4 heteroatoms. The Morgan fingerprint density at radius 2 is 2.11 bits per heavy atom. The molecule has 0 unspecified atom stereocenters. The highest BCUT2D eigenvalue weighted by atomic mass is 35.5. The molecule has 1 heterocycles. The van der Waals surface area contributed by atoms with Crippen LogP contribution in [0.5, 0.6) is 11.5 Å². The van der Waals surface area contributed by atoms with Crippen LogP contribution in [0.3, 0.4) is 0 Å². The fourth-order valence-electron chi connectivity index (χ4n) is 1.67. The van der Waals surface area contributed by atoms with E-state index in [1.54, 1.807) is 6.20 Å². The Bertz CT molecular complexity index is 540. The summed E-state index contributed by atoms with van der Waals surface area (Å²) in [5.41, 5.74) is 2.04. The summed E-state index contributed by atoms with van der Waals surface area (Å²) >= 11 is 6.03. The Kier molecular flexibility index (Phi) is 4.77. The number of aromatic nitrogens is 1. The van der Waals surface area contributed by atoms with Gasteiger partial charge in [-0.1, -0.05) is 24.6 Å². The van der Waals surface area contributed by atoms with Gasteiger partial charge in [0.15, 0.2) is 0 Å². The molecular formula is C15H17ClN2O. The first-order valence-corrected chi connectivity index (χ1v) is 6.66. The van der Waals surface area contributed by atoms with Crippen LogP contribution in [0, 0.1) is 6.92 Å². The van der Waals surface area contributed by atoms with Gasteiger partial charge in [0.2, 0.25) is 0 Å². The predicted molar refractivity (Wildman–Crippen MR) is 77.9 cm³/mol. The van der Waals surface area contributed by atoms with Crippen LogP contribution >= 0.6 is 11.6 Å². The Hall–Kier alpha value is -1.58. The van der Waals surface area contributed by atoms with Gasteiger partial charge in [0.05, 0.1) is 6.20 Å². The second-order valence-electron chi connectivity index (χ2n) is 4.27. The van der Waals surface area contributed by atoms with Crippen LogP contribution in [0.1, 0.15) is 18.2 Å². The van der Waals surface area contributed by atoms with E-state index in [2.05, 4.69) is 17.2 Å². The summed E-state index contributed by atoms with van der Waals surface area (Å²) < 4.78 is 5.86. The number of nitrogens with zero attached hydrogens (tertiary/aromatic N) is 1. The molecule has 0 amide bonds. The van der Waals surface area contributed by atoms with Crippen LogP contribution in [0.15, 0.2) is 36.5 Å². The van der Waals surface area contributed by atoms with E-state index in [0.717, 1.165) is 30.1 Å². The number of halogens is 1.